The molecule has 1 heterocycles. The topological polar surface area (TPSA) is 87.8 Å². The molecule has 1 aliphatic heterocycles. The molecule has 18 heavy (non-hydrogen) atoms. The molecule has 1 rings (SSSR count). The maximum absolute atomic E-state index is 11.8. The number of likely N-dealkylation sites (tertiary alicyclic amines) is 1. The summed E-state index contributed by atoms with van der Waals surface area (Å²) in [4.78, 5) is 13.4. The summed E-state index contributed by atoms with van der Waals surface area (Å²) in [5, 5.41) is 13.1. The predicted octanol–water partition coefficient (Wildman–Crippen LogP) is -0.0950. The zero-order valence-electron chi connectivity index (χ0n) is 11.5. The predicted molar refractivity (Wildman–Crippen MR) is 69.3 cm³/mol. The first-order valence-corrected chi connectivity index (χ1v) is 6.43. The van der Waals surface area contributed by atoms with E-state index in [0.29, 0.717) is 19.6 Å². The summed E-state index contributed by atoms with van der Waals surface area (Å²) in [5.41, 5.74) is 4.90. The van der Waals surface area contributed by atoms with Gasteiger partial charge >= 0.3 is 6.09 Å². The largest absolute Gasteiger partial charge is 0.444 e. The Morgan fingerprint density at radius 1 is 1.50 bits per heavy atom. The molecule has 106 valence electrons. The summed E-state index contributed by atoms with van der Waals surface area (Å²) in [6.45, 7) is 7.64. The fraction of sp³-hybridized carbons (Fsp3) is 0.917. The van der Waals surface area contributed by atoms with Gasteiger partial charge in [0.15, 0.2) is 0 Å². The summed E-state index contributed by atoms with van der Waals surface area (Å²) in [6, 6.07) is -0.0935. The fourth-order valence-electron chi connectivity index (χ4n) is 1.85. The number of rotatable bonds is 4. The lowest BCUT2D eigenvalue weighted by Gasteiger charge is -2.24. The summed E-state index contributed by atoms with van der Waals surface area (Å²) in [6.07, 6.45) is -0.0599. The number of nitrogens with one attached hydrogen (secondary N) is 1. The molecule has 4 N–H and O–H groups in total. The van der Waals surface area contributed by atoms with Crippen molar-refractivity contribution in [1.82, 2.24) is 10.2 Å². The zero-order chi connectivity index (χ0) is 13.8. The Balaban J connectivity index is 2.40. The third-order valence-electron chi connectivity index (χ3n) is 2.73. The first kappa shape index (κ1) is 15.2. The smallest absolute Gasteiger partial charge is 0.410 e. The lowest BCUT2D eigenvalue weighted by atomic mass is 10.2. The Bertz CT molecular complexity index is 278. The van der Waals surface area contributed by atoms with Gasteiger partial charge in [0, 0.05) is 6.54 Å². The van der Waals surface area contributed by atoms with E-state index in [0.717, 1.165) is 13.0 Å². The molecule has 0 aromatic rings. The second-order valence-corrected chi connectivity index (χ2v) is 5.66. The number of β-amino-alcohol motifs (C(OH)–C–C–N with tert-alkyl or cyclic N) is 1. The van der Waals surface area contributed by atoms with Crippen LogP contribution in [0.3, 0.4) is 0 Å². The molecular formula is C12H25N3O3. The van der Waals surface area contributed by atoms with Crippen molar-refractivity contribution in [2.75, 3.05) is 26.2 Å². The van der Waals surface area contributed by atoms with E-state index in [9.17, 15) is 9.90 Å². The van der Waals surface area contributed by atoms with Crippen molar-refractivity contribution in [2.24, 2.45) is 5.73 Å². The Kier molecular flexibility index (Phi) is 5.37. The summed E-state index contributed by atoms with van der Waals surface area (Å²) in [7, 11) is 0. The van der Waals surface area contributed by atoms with Crippen molar-refractivity contribution in [3.8, 4) is 0 Å². The minimum Gasteiger partial charge on any atom is -0.444 e. The van der Waals surface area contributed by atoms with Gasteiger partial charge in [-0.05, 0) is 40.3 Å². The van der Waals surface area contributed by atoms with Crippen molar-refractivity contribution in [1.29, 1.82) is 0 Å². The second kappa shape index (κ2) is 6.36. The van der Waals surface area contributed by atoms with Crippen LogP contribution in [0, 0.1) is 0 Å². The highest BCUT2D eigenvalue weighted by molar-refractivity contribution is 5.68. The third kappa shape index (κ3) is 4.80. The zero-order valence-corrected chi connectivity index (χ0v) is 11.5. The maximum atomic E-state index is 11.8. The number of nitrogens with two attached hydrogens (primary N) is 1. The number of carbonyl (C=O) groups is 1. The maximum Gasteiger partial charge on any atom is 0.410 e. The van der Waals surface area contributed by atoms with E-state index in [4.69, 9.17) is 10.5 Å². The van der Waals surface area contributed by atoms with E-state index in [1.165, 1.54) is 4.90 Å². The second-order valence-electron chi connectivity index (χ2n) is 5.66. The number of amides is 1. The standard InChI is InChI=1S/C12H25N3O3/c1-12(2,3)18-11(17)15-7-9(10(16)8-15)14-6-4-5-13/h9-10,14,16H,4-8,13H2,1-3H3/t9-,10-/m1/s1. The van der Waals surface area contributed by atoms with Crippen LogP contribution in [-0.2, 0) is 4.74 Å². The molecule has 1 aliphatic rings. The molecule has 0 aliphatic carbocycles. The van der Waals surface area contributed by atoms with Crippen LogP contribution in [0.15, 0.2) is 0 Å². The molecule has 6 nitrogen and oxygen atoms in total. The first-order valence-electron chi connectivity index (χ1n) is 6.43. The monoisotopic (exact) mass is 259 g/mol. The van der Waals surface area contributed by atoms with Crippen molar-refractivity contribution in [2.45, 2.75) is 44.9 Å². The van der Waals surface area contributed by atoms with Gasteiger partial charge in [0.2, 0.25) is 0 Å². The van der Waals surface area contributed by atoms with Gasteiger partial charge in [-0.25, -0.2) is 4.79 Å². The van der Waals surface area contributed by atoms with Gasteiger partial charge in [0.05, 0.1) is 18.7 Å². The van der Waals surface area contributed by atoms with Crippen LogP contribution in [0.5, 0.6) is 0 Å². The average Bonchev–Trinajstić information content (AvgIpc) is 2.58. The SMILES string of the molecule is CC(C)(C)OC(=O)N1C[C@@H](O)[C@H](NCCCN)C1. The van der Waals surface area contributed by atoms with Gasteiger partial charge in [-0.2, -0.15) is 0 Å². The van der Waals surface area contributed by atoms with E-state index >= 15 is 0 Å². The molecular weight excluding hydrogens is 234 g/mol. The van der Waals surface area contributed by atoms with Crippen molar-refractivity contribution in [3.05, 3.63) is 0 Å². The van der Waals surface area contributed by atoms with Gasteiger partial charge < -0.3 is 25.8 Å². The molecule has 6 heteroatoms. The minimum absolute atomic E-state index is 0.0935. The van der Waals surface area contributed by atoms with Crippen LogP contribution in [0.1, 0.15) is 27.2 Å². The number of hydrogen-bond acceptors (Lipinski definition) is 5. The van der Waals surface area contributed by atoms with Crippen molar-refractivity contribution in [3.63, 3.8) is 0 Å². The van der Waals surface area contributed by atoms with Gasteiger partial charge in [0.25, 0.3) is 0 Å². The normalized spacial score (nSPS) is 24.4. The van der Waals surface area contributed by atoms with Crippen molar-refractivity contribution < 1.29 is 14.6 Å². The lowest BCUT2D eigenvalue weighted by Crippen LogP contribution is -2.40. The van der Waals surface area contributed by atoms with E-state index in [1.807, 2.05) is 20.8 Å². The number of aliphatic hydroxyl groups excluding tert-OH is 1. The number of nitrogens with zero attached hydrogens (tertiary/aromatic N) is 1. The molecule has 0 unspecified atom stereocenters. The molecule has 0 radical (unpaired) electrons. The first-order chi connectivity index (χ1) is 8.33. The van der Waals surface area contributed by atoms with Crippen LogP contribution >= 0.6 is 0 Å². The van der Waals surface area contributed by atoms with Crippen LogP contribution in [0.25, 0.3) is 0 Å². The van der Waals surface area contributed by atoms with Crippen molar-refractivity contribution >= 4 is 6.09 Å². The van der Waals surface area contributed by atoms with Crippen LogP contribution in [0.4, 0.5) is 4.79 Å². The summed E-state index contributed by atoms with van der Waals surface area (Å²) in [5.74, 6) is 0. The molecule has 1 amide bonds. The summed E-state index contributed by atoms with van der Waals surface area (Å²) < 4.78 is 5.27. The number of hydrogen-bond donors (Lipinski definition) is 3. The van der Waals surface area contributed by atoms with Crippen LogP contribution in [0.2, 0.25) is 0 Å². The van der Waals surface area contributed by atoms with E-state index < -0.39 is 11.7 Å². The average molecular weight is 259 g/mol. The molecule has 0 spiro atoms. The number of aliphatic hydroxyl groups is 1. The highest BCUT2D eigenvalue weighted by atomic mass is 16.6. The van der Waals surface area contributed by atoms with E-state index in [1.54, 1.807) is 0 Å². The van der Waals surface area contributed by atoms with E-state index in [-0.39, 0.29) is 12.1 Å². The third-order valence-corrected chi connectivity index (χ3v) is 2.73. The van der Waals surface area contributed by atoms with Gasteiger partial charge in [-0.15, -0.1) is 0 Å². The minimum atomic E-state index is -0.546. The van der Waals surface area contributed by atoms with Crippen LogP contribution < -0.4 is 11.1 Å². The summed E-state index contributed by atoms with van der Waals surface area (Å²) >= 11 is 0. The fourth-order valence-corrected chi connectivity index (χ4v) is 1.85. The number of carbonyl (C=O) groups excluding carboxylic acids is 1. The molecule has 0 aromatic heterocycles. The molecule has 0 aromatic carbocycles. The Hall–Kier alpha value is -0.850. The molecule has 0 bridgehead atoms. The molecule has 2 atom stereocenters. The van der Waals surface area contributed by atoms with Crippen LogP contribution in [-0.4, -0.2) is 60.0 Å². The van der Waals surface area contributed by atoms with E-state index in [2.05, 4.69) is 5.32 Å². The molecule has 1 saturated heterocycles. The quantitative estimate of drug-likeness (QED) is 0.614. The molecule has 1 fully saturated rings. The van der Waals surface area contributed by atoms with Gasteiger partial charge in [0.1, 0.15) is 5.60 Å². The lowest BCUT2D eigenvalue weighted by molar-refractivity contribution is 0.0270. The number of ether oxygens (including phenoxy) is 1. The highest BCUT2D eigenvalue weighted by Crippen LogP contribution is 2.15. The Labute approximate surface area is 108 Å². The van der Waals surface area contributed by atoms with Gasteiger partial charge in [-0.3, -0.25) is 0 Å². The highest BCUT2D eigenvalue weighted by Gasteiger charge is 2.35. The Morgan fingerprint density at radius 3 is 2.72 bits per heavy atom. The molecule has 0 saturated carbocycles. The van der Waals surface area contributed by atoms with Gasteiger partial charge in [-0.1, -0.05) is 0 Å². The Morgan fingerprint density at radius 2 is 2.17 bits per heavy atom.